The van der Waals surface area contributed by atoms with Crippen molar-refractivity contribution in [1.82, 2.24) is 5.32 Å². The SMILES string of the molecule is CC1CCC(C(=O)NC(CC(=O)O)c2ccc(Cl)c(F)c2)O1. The zero-order chi connectivity index (χ0) is 16.3. The summed E-state index contributed by atoms with van der Waals surface area (Å²) in [4.78, 5) is 23.1. The highest BCUT2D eigenvalue weighted by Crippen LogP contribution is 2.24. The fourth-order valence-electron chi connectivity index (χ4n) is 2.42. The number of rotatable bonds is 5. The number of hydrogen-bond donors (Lipinski definition) is 2. The van der Waals surface area contributed by atoms with Crippen LogP contribution in [0.2, 0.25) is 5.02 Å². The summed E-state index contributed by atoms with van der Waals surface area (Å²) in [5.74, 6) is -2.14. The highest BCUT2D eigenvalue weighted by atomic mass is 35.5. The molecular formula is C15H17ClFNO4. The number of ether oxygens (including phenoxy) is 1. The fourth-order valence-corrected chi connectivity index (χ4v) is 2.53. The van der Waals surface area contributed by atoms with Gasteiger partial charge in [0.25, 0.3) is 0 Å². The van der Waals surface area contributed by atoms with Crippen molar-refractivity contribution in [2.75, 3.05) is 0 Å². The van der Waals surface area contributed by atoms with Crippen LogP contribution in [0.15, 0.2) is 18.2 Å². The maximum atomic E-state index is 13.5. The van der Waals surface area contributed by atoms with Crippen LogP contribution >= 0.6 is 11.6 Å². The first-order chi connectivity index (χ1) is 10.4. The average molecular weight is 330 g/mol. The molecule has 3 unspecified atom stereocenters. The first kappa shape index (κ1) is 16.7. The molecule has 1 aromatic rings. The van der Waals surface area contributed by atoms with Crippen LogP contribution in [0.1, 0.15) is 37.8 Å². The van der Waals surface area contributed by atoms with Crippen LogP contribution in [0.3, 0.4) is 0 Å². The maximum absolute atomic E-state index is 13.5. The molecule has 3 atom stereocenters. The number of hydrogen-bond acceptors (Lipinski definition) is 3. The molecule has 7 heteroatoms. The number of benzene rings is 1. The van der Waals surface area contributed by atoms with E-state index in [1.165, 1.54) is 12.1 Å². The molecule has 1 aromatic carbocycles. The van der Waals surface area contributed by atoms with Crippen molar-refractivity contribution >= 4 is 23.5 Å². The Hall–Kier alpha value is -1.66. The number of carbonyl (C=O) groups is 2. The lowest BCUT2D eigenvalue weighted by Crippen LogP contribution is -2.38. The van der Waals surface area contributed by atoms with Gasteiger partial charge in [-0.25, -0.2) is 4.39 Å². The van der Waals surface area contributed by atoms with Crippen molar-refractivity contribution in [2.45, 2.75) is 44.4 Å². The lowest BCUT2D eigenvalue weighted by Gasteiger charge is -2.20. The number of carboxylic acid groups (broad SMARTS) is 1. The standard InChI is InChI=1S/C15H17ClFNO4/c1-8-2-5-13(22-8)15(21)18-12(7-14(19)20)9-3-4-10(16)11(17)6-9/h3-4,6,8,12-13H,2,5,7H2,1H3,(H,18,21)(H,19,20). The van der Waals surface area contributed by atoms with Crippen molar-refractivity contribution in [2.24, 2.45) is 0 Å². The third-order valence-corrected chi connectivity index (χ3v) is 3.87. The topological polar surface area (TPSA) is 75.6 Å². The van der Waals surface area contributed by atoms with Gasteiger partial charge < -0.3 is 15.2 Å². The molecular weight excluding hydrogens is 313 g/mol. The summed E-state index contributed by atoms with van der Waals surface area (Å²) in [5.41, 5.74) is 0.351. The van der Waals surface area contributed by atoms with Crippen LogP contribution in [-0.4, -0.2) is 29.2 Å². The van der Waals surface area contributed by atoms with Gasteiger partial charge in [0.2, 0.25) is 5.91 Å². The Labute approximate surface area is 132 Å². The van der Waals surface area contributed by atoms with E-state index in [-0.39, 0.29) is 23.5 Å². The Morgan fingerprint density at radius 3 is 2.77 bits per heavy atom. The third kappa shape index (κ3) is 4.18. The van der Waals surface area contributed by atoms with E-state index in [1.54, 1.807) is 0 Å². The molecule has 1 heterocycles. The van der Waals surface area contributed by atoms with Gasteiger partial charge >= 0.3 is 5.97 Å². The second kappa shape index (κ2) is 7.07. The van der Waals surface area contributed by atoms with Gasteiger partial charge in [0, 0.05) is 0 Å². The molecule has 0 saturated carbocycles. The lowest BCUT2D eigenvalue weighted by atomic mass is 10.0. The second-order valence-electron chi connectivity index (χ2n) is 5.35. The van der Waals surface area contributed by atoms with E-state index in [9.17, 15) is 14.0 Å². The molecule has 0 aliphatic carbocycles. The van der Waals surface area contributed by atoms with Crippen LogP contribution in [0.5, 0.6) is 0 Å². The zero-order valence-corrected chi connectivity index (χ0v) is 12.8. The Balaban J connectivity index is 2.13. The summed E-state index contributed by atoms with van der Waals surface area (Å²) in [6, 6.07) is 3.13. The van der Waals surface area contributed by atoms with Gasteiger partial charge in [-0.1, -0.05) is 17.7 Å². The maximum Gasteiger partial charge on any atom is 0.305 e. The number of aliphatic carboxylic acids is 1. The predicted octanol–water partition coefficient (Wildman–Crippen LogP) is 2.68. The smallest absolute Gasteiger partial charge is 0.305 e. The highest BCUT2D eigenvalue weighted by Gasteiger charge is 2.30. The minimum atomic E-state index is -1.10. The van der Waals surface area contributed by atoms with Crippen molar-refractivity contribution < 1.29 is 23.8 Å². The molecule has 2 rings (SSSR count). The van der Waals surface area contributed by atoms with Gasteiger partial charge in [-0.05, 0) is 37.5 Å². The first-order valence-corrected chi connectivity index (χ1v) is 7.37. The van der Waals surface area contributed by atoms with Crippen molar-refractivity contribution in [3.63, 3.8) is 0 Å². The molecule has 0 spiro atoms. The van der Waals surface area contributed by atoms with Crippen molar-refractivity contribution in [3.8, 4) is 0 Å². The minimum absolute atomic E-state index is 0.00153. The van der Waals surface area contributed by atoms with Crippen LogP contribution < -0.4 is 5.32 Å². The first-order valence-electron chi connectivity index (χ1n) is 6.99. The van der Waals surface area contributed by atoms with E-state index in [0.717, 1.165) is 12.5 Å². The molecule has 22 heavy (non-hydrogen) atoms. The summed E-state index contributed by atoms with van der Waals surface area (Å²) >= 11 is 5.62. The molecule has 2 N–H and O–H groups in total. The van der Waals surface area contributed by atoms with E-state index in [1.807, 2.05) is 6.92 Å². The predicted molar refractivity (Wildman–Crippen MR) is 78.1 cm³/mol. The van der Waals surface area contributed by atoms with Gasteiger partial charge in [0.05, 0.1) is 23.6 Å². The fraction of sp³-hybridized carbons (Fsp3) is 0.467. The summed E-state index contributed by atoms with van der Waals surface area (Å²) < 4.78 is 19.0. The number of nitrogens with one attached hydrogen (secondary N) is 1. The number of amides is 1. The zero-order valence-electron chi connectivity index (χ0n) is 12.0. The van der Waals surface area contributed by atoms with Crippen LogP contribution in [0.4, 0.5) is 4.39 Å². The molecule has 0 bridgehead atoms. The van der Waals surface area contributed by atoms with Gasteiger partial charge in [-0.15, -0.1) is 0 Å². The van der Waals surface area contributed by atoms with Crippen LogP contribution in [-0.2, 0) is 14.3 Å². The molecule has 0 radical (unpaired) electrons. The third-order valence-electron chi connectivity index (χ3n) is 3.57. The summed E-state index contributed by atoms with van der Waals surface area (Å²) in [6.07, 6.45) is 0.416. The Morgan fingerprint density at radius 1 is 1.50 bits per heavy atom. The monoisotopic (exact) mass is 329 g/mol. The highest BCUT2D eigenvalue weighted by molar-refractivity contribution is 6.30. The van der Waals surface area contributed by atoms with Gasteiger partial charge in [-0.3, -0.25) is 9.59 Å². The number of halogens is 2. The molecule has 1 aliphatic rings. The summed E-state index contributed by atoms with van der Waals surface area (Å²) in [5, 5.41) is 11.5. The molecule has 1 fully saturated rings. The van der Waals surface area contributed by atoms with Gasteiger partial charge in [-0.2, -0.15) is 0 Å². The van der Waals surface area contributed by atoms with Crippen LogP contribution in [0, 0.1) is 5.82 Å². The Morgan fingerprint density at radius 2 is 2.23 bits per heavy atom. The number of carbonyl (C=O) groups excluding carboxylic acids is 1. The van der Waals surface area contributed by atoms with Gasteiger partial charge in [0.15, 0.2) is 0 Å². The van der Waals surface area contributed by atoms with E-state index in [2.05, 4.69) is 5.32 Å². The number of carboxylic acids is 1. The average Bonchev–Trinajstić information content (AvgIpc) is 2.87. The summed E-state index contributed by atoms with van der Waals surface area (Å²) in [7, 11) is 0. The van der Waals surface area contributed by atoms with Crippen molar-refractivity contribution in [3.05, 3.63) is 34.6 Å². The Kier molecular flexibility index (Phi) is 5.37. The normalized spacial score (nSPS) is 22.3. The van der Waals surface area contributed by atoms with E-state index in [0.29, 0.717) is 12.0 Å². The molecule has 1 saturated heterocycles. The second-order valence-corrected chi connectivity index (χ2v) is 5.75. The van der Waals surface area contributed by atoms with Crippen molar-refractivity contribution in [1.29, 1.82) is 0 Å². The largest absolute Gasteiger partial charge is 0.481 e. The lowest BCUT2D eigenvalue weighted by molar-refractivity contribution is -0.138. The molecule has 1 aliphatic heterocycles. The Bertz CT molecular complexity index is 581. The molecule has 0 aromatic heterocycles. The van der Waals surface area contributed by atoms with E-state index >= 15 is 0 Å². The van der Waals surface area contributed by atoms with Gasteiger partial charge in [0.1, 0.15) is 11.9 Å². The summed E-state index contributed by atoms with van der Waals surface area (Å²) in [6.45, 7) is 1.87. The van der Waals surface area contributed by atoms with E-state index < -0.39 is 23.9 Å². The van der Waals surface area contributed by atoms with E-state index in [4.69, 9.17) is 21.4 Å². The minimum Gasteiger partial charge on any atom is -0.481 e. The molecule has 1 amide bonds. The molecule has 5 nitrogen and oxygen atoms in total. The molecule has 120 valence electrons. The van der Waals surface area contributed by atoms with Crippen LogP contribution in [0.25, 0.3) is 0 Å². The quantitative estimate of drug-likeness (QED) is 0.871.